The molecule has 8 heteroatoms. The third-order valence-corrected chi connectivity index (χ3v) is 6.29. The Morgan fingerprint density at radius 3 is 2.84 bits per heavy atom. The fourth-order valence-corrected chi connectivity index (χ4v) is 4.32. The molecule has 0 radical (unpaired) electrons. The molecule has 3 N–H and O–H groups in total. The average Bonchev–Trinajstić information content (AvgIpc) is 2.76. The number of rotatable bonds is 7. The number of amides is 2. The first-order valence-electron chi connectivity index (χ1n) is 10.2. The van der Waals surface area contributed by atoms with Crippen molar-refractivity contribution >= 4 is 29.3 Å². The number of allylic oxidation sites excluding steroid dienone is 1. The molecule has 166 valence electrons. The van der Waals surface area contributed by atoms with Crippen molar-refractivity contribution in [1.82, 2.24) is 5.32 Å². The van der Waals surface area contributed by atoms with E-state index in [9.17, 15) is 20.0 Å². The molecule has 0 aromatic heterocycles. The number of aromatic hydroxyl groups is 1. The van der Waals surface area contributed by atoms with Crippen LogP contribution in [-0.4, -0.2) is 29.3 Å². The maximum absolute atomic E-state index is 12.5. The van der Waals surface area contributed by atoms with E-state index < -0.39 is 5.92 Å². The molecule has 3 rings (SSSR count). The van der Waals surface area contributed by atoms with Crippen LogP contribution < -0.4 is 15.4 Å². The number of nitrogens with zero attached hydrogens (tertiary/aromatic N) is 1. The van der Waals surface area contributed by atoms with Crippen LogP contribution in [-0.2, 0) is 9.59 Å². The van der Waals surface area contributed by atoms with Gasteiger partial charge in [0.1, 0.15) is 0 Å². The van der Waals surface area contributed by atoms with E-state index in [-0.39, 0.29) is 29.7 Å². The minimum atomic E-state index is -0.488. The molecule has 0 fully saturated rings. The standard InChI is InChI=1S/C24H25N3O4S/c1-4-31-21-10-16(8-9-20(21)28)17-11-22(29)27-24(18(17)12-25)32-13-23(30)26-19-7-5-6-14(2)15(19)3/h5-10,17,28H,4,11,13H2,1-3H3,(H,26,30)(H,27,29)/t17-/m0/s1. The summed E-state index contributed by atoms with van der Waals surface area (Å²) < 4.78 is 5.44. The first-order chi connectivity index (χ1) is 15.3. The third-order valence-electron chi connectivity index (χ3n) is 5.27. The Morgan fingerprint density at radius 1 is 1.34 bits per heavy atom. The Morgan fingerprint density at radius 2 is 2.12 bits per heavy atom. The topological polar surface area (TPSA) is 111 Å². The number of aryl methyl sites for hydroxylation is 1. The zero-order chi connectivity index (χ0) is 23.3. The maximum Gasteiger partial charge on any atom is 0.234 e. The summed E-state index contributed by atoms with van der Waals surface area (Å²) in [6.45, 7) is 6.09. The van der Waals surface area contributed by atoms with Crippen molar-refractivity contribution in [3.63, 3.8) is 0 Å². The minimum absolute atomic E-state index is 0.00365. The van der Waals surface area contributed by atoms with E-state index in [4.69, 9.17) is 4.74 Å². The van der Waals surface area contributed by atoms with Gasteiger partial charge in [0, 0.05) is 18.0 Å². The lowest BCUT2D eigenvalue weighted by Gasteiger charge is -2.25. The molecular weight excluding hydrogens is 426 g/mol. The lowest BCUT2D eigenvalue weighted by molar-refractivity contribution is -0.121. The number of phenolic OH excluding ortho intramolecular Hbond substituents is 1. The molecule has 2 amide bonds. The molecule has 1 atom stereocenters. The van der Waals surface area contributed by atoms with Gasteiger partial charge in [-0.3, -0.25) is 9.59 Å². The Kier molecular flexibility index (Phi) is 7.44. The molecule has 32 heavy (non-hydrogen) atoms. The first kappa shape index (κ1) is 23.2. The number of nitriles is 1. The van der Waals surface area contributed by atoms with E-state index in [1.807, 2.05) is 32.0 Å². The molecule has 0 saturated carbocycles. The van der Waals surface area contributed by atoms with Crippen LogP contribution in [0, 0.1) is 25.2 Å². The normalized spacial score (nSPS) is 15.7. The molecule has 2 aromatic carbocycles. The number of hydrogen-bond acceptors (Lipinski definition) is 6. The Balaban J connectivity index is 1.80. The number of anilines is 1. The van der Waals surface area contributed by atoms with Crippen molar-refractivity contribution in [2.24, 2.45) is 0 Å². The second kappa shape index (κ2) is 10.2. The van der Waals surface area contributed by atoms with E-state index in [2.05, 4.69) is 16.7 Å². The number of carbonyl (C=O) groups is 2. The van der Waals surface area contributed by atoms with Gasteiger partial charge in [0.05, 0.1) is 29.0 Å². The zero-order valence-electron chi connectivity index (χ0n) is 18.2. The molecular formula is C24H25N3O4S. The average molecular weight is 452 g/mol. The maximum atomic E-state index is 12.5. The van der Waals surface area contributed by atoms with Crippen LogP contribution in [0.5, 0.6) is 11.5 Å². The summed E-state index contributed by atoms with van der Waals surface area (Å²) in [5.41, 5.74) is 3.87. The largest absolute Gasteiger partial charge is 0.504 e. The van der Waals surface area contributed by atoms with Crippen LogP contribution in [0.3, 0.4) is 0 Å². The van der Waals surface area contributed by atoms with Gasteiger partial charge in [0.25, 0.3) is 0 Å². The minimum Gasteiger partial charge on any atom is -0.504 e. The van der Waals surface area contributed by atoms with Crippen molar-refractivity contribution < 1.29 is 19.4 Å². The number of hydrogen-bond donors (Lipinski definition) is 3. The molecule has 0 unspecified atom stereocenters. The predicted octanol–water partition coefficient (Wildman–Crippen LogP) is 4.12. The highest BCUT2D eigenvalue weighted by Crippen LogP contribution is 2.39. The summed E-state index contributed by atoms with van der Waals surface area (Å²) in [4.78, 5) is 24.9. The van der Waals surface area contributed by atoms with E-state index in [0.29, 0.717) is 28.5 Å². The lowest BCUT2D eigenvalue weighted by Crippen LogP contribution is -2.31. The fourth-order valence-electron chi connectivity index (χ4n) is 3.45. The van der Waals surface area contributed by atoms with Gasteiger partial charge in [-0.05, 0) is 55.7 Å². The summed E-state index contributed by atoms with van der Waals surface area (Å²) in [5.74, 6) is -0.615. The predicted molar refractivity (Wildman–Crippen MR) is 124 cm³/mol. The quantitative estimate of drug-likeness (QED) is 0.584. The zero-order valence-corrected chi connectivity index (χ0v) is 19.0. The van der Waals surface area contributed by atoms with Gasteiger partial charge in [-0.2, -0.15) is 5.26 Å². The van der Waals surface area contributed by atoms with Crippen LogP contribution in [0.15, 0.2) is 47.0 Å². The molecule has 0 bridgehead atoms. The Labute approximate surface area is 191 Å². The highest BCUT2D eigenvalue weighted by Gasteiger charge is 2.30. The third kappa shape index (κ3) is 5.24. The van der Waals surface area contributed by atoms with Crippen LogP contribution in [0.2, 0.25) is 0 Å². The Hall–Kier alpha value is -3.44. The van der Waals surface area contributed by atoms with E-state index in [1.165, 1.54) is 6.07 Å². The van der Waals surface area contributed by atoms with Crippen LogP contribution in [0.4, 0.5) is 5.69 Å². The molecule has 0 aliphatic carbocycles. The smallest absolute Gasteiger partial charge is 0.234 e. The molecule has 1 aliphatic rings. The highest BCUT2D eigenvalue weighted by atomic mass is 32.2. The SMILES string of the molecule is CCOc1cc([C@@H]2CC(=O)NC(SCC(=O)Nc3cccc(C)c3C)=C2C#N)ccc1O. The van der Waals surface area contributed by atoms with Crippen molar-refractivity contribution in [3.05, 3.63) is 63.7 Å². The number of carbonyl (C=O) groups excluding carboxylic acids is 2. The number of benzene rings is 2. The van der Waals surface area contributed by atoms with Gasteiger partial charge in [-0.15, -0.1) is 0 Å². The van der Waals surface area contributed by atoms with Crippen LogP contribution >= 0.6 is 11.8 Å². The molecule has 0 spiro atoms. The molecule has 1 aliphatic heterocycles. The lowest BCUT2D eigenvalue weighted by atomic mass is 9.87. The van der Waals surface area contributed by atoms with Gasteiger partial charge >= 0.3 is 0 Å². The molecule has 2 aromatic rings. The van der Waals surface area contributed by atoms with Crippen molar-refractivity contribution in [2.45, 2.75) is 33.1 Å². The fraction of sp³-hybridized carbons (Fsp3) is 0.292. The van der Waals surface area contributed by atoms with Gasteiger partial charge in [0.15, 0.2) is 11.5 Å². The summed E-state index contributed by atoms with van der Waals surface area (Å²) >= 11 is 1.12. The van der Waals surface area contributed by atoms with Crippen molar-refractivity contribution in [1.29, 1.82) is 5.26 Å². The summed E-state index contributed by atoms with van der Waals surface area (Å²) in [6.07, 6.45) is 0.0952. The van der Waals surface area contributed by atoms with Gasteiger partial charge in [0.2, 0.25) is 11.8 Å². The number of thioether (sulfide) groups is 1. The van der Waals surface area contributed by atoms with Crippen molar-refractivity contribution in [3.8, 4) is 17.6 Å². The second-order valence-corrected chi connectivity index (χ2v) is 8.39. The second-order valence-electron chi connectivity index (χ2n) is 7.40. The number of ether oxygens (including phenoxy) is 1. The van der Waals surface area contributed by atoms with E-state index in [0.717, 1.165) is 28.6 Å². The van der Waals surface area contributed by atoms with Gasteiger partial charge < -0.3 is 20.5 Å². The molecule has 0 saturated heterocycles. The van der Waals surface area contributed by atoms with Gasteiger partial charge in [-0.1, -0.05) is 30.0 Å². The Bertz CT molecular complexity index is 1120. The summed E-state index contributed by atoms with van der Waals surface area (Å²) in [5, 5.41) is 25.8. The number of phenols is 1. The number of nitrogens with one attached hydrogen (secondary N) is 2. The van der Waals surface area contributed by atoms with Crippen molar-refractivity contribution in [2.75, 3.05) is 17.7 Å². The van der Waals surface area contributed by atoms with Crippen LogP contribution in [0.25, 0.3) is 0 Å². The first-order valence-corrected chi connectivity index (χ1v) is 11.2. The van der Waals surface area contributed by atoms with E-state index >= 15 is 0 Å². The van der Waals surface area contributed by atoms with E-state index in [1.54, 1.807) is 19.1 Å². The summed E-state index contributed by atoms with van der Waals surface area (Å²) in [6, 6.07) is 12.7. The summed E-state index contributed by atoms with van der Waals surface area (Å²) in [7, 11) is 0. The monoisotopic (exact) mass is 451 g/mol. The molecule has 1 heterocycles. The van der Waals surface area contributed by atoms with Gasteiger partial charge in [-0.25, -0.2) is 0 Å². The molecule has 7 nitrogen and oxygen atoms in total. The van der Waals surface area contributed by atoms with Crippen LogP contribution in [0.1, 0.15) is 36.0 Å². The highest BCUT2D eigenvalue weighted by molar-refractivity contribution is 8.03.